The van der Waals surface area contributed by atoms with E-state index in [1.54, 1.807) is 0 Å². The summed E-state index contributed by atoms with van der Waals surface area (Å²) in [5.41, 5.74) is 0. The predicted octanol–water partition coefficient (Wildman–Crippen LogP) is 2.93. The monoisotopic (exact) mass is 216 g/mol. The van der Waals surface area contributed by atoms with E-state index >= 15 is 0 Å². The summed E-state index contributed by atoms with van der Waals surface area (Å²) in [6.45, 7) is 6.02. The Morgan fingerprint density at radius 3 is 2.27 bits per heavy atom. The average Bonchev–Trinajstić information content (AvgIpc) is 2.22. The van der Waals surface area contributed by atoms with E-state index in [4.69, 9.17) is 9.47 Å². The number of rotatable bonds is 10. The Kier molecular flexibility index (Phi) is 11.1. The highest BCUT2D eigenvalue weighted by molar-refractivity contribution is 5.69. The van der Waals surface area contributed by atoms with Crippen molar-refractivity contribution in [2.45, 2.75) is 52.4 Å². The van der Waals surface area contributed by atoms with Crippen molar-refractivity contribution in [2.75, 3.05) is 19.8 Å². The van der Waals surface area contributed by atoms with Crippen LogP contribution in [0.5, 0.6) is 0 Å². The summed E-state index contributed by atoms with van der Waals surface area (Å²) in [7, 11) is 0. The molecule has 0 N–H and O–H groups in total. The third-order valence-corrected chi connectivity index (χ3v) is 2.18. The molecule has 90 valence electrons. The molecule has 15 heavy (non-hydrogen) atoms. The van der Waals surface area contributed by atoms with Crippen molar-refractivity contribution in [1.82, 2.24) is 0 Å². The zero-order valence-electron chi connectivity index (χ0n) is 10.1. The van der Waals surface area contributed by atoms with Gasteiger partial charge in [-0.25, -0.2) is 0 Å². The van der Waals surface area contributed by atoms with Gasteiger partial charge in [0.15, 0.2) is 0 Å². The number of ether oxygens (including phenoxy) is 2. The van der Waals surface area contributed by atoms with Gasteiger partial charge in [0.25, 0.3) is 0 Å². The van der Waals surface area contributed by atoms with Gasteiger partial charge in [0.1, 0.15) is 0 Å². The van der Waals surface area contributed by atoms with Crippen molar-refractivity contribution in [3.8, 4) is 0 Å². The molecule has 0 radical (unpaired) electrons. The predicted molar refractivity (Wildman–Crippen MR) is 60.8 cm³/mol. The van der Waals surface area contributed by atoms with Gasteiger partial charge in [-0.05, 0) is 26.7 Å². The third-order valence-electron chi connectivity index (χ3n) is 2.18. The van der Waals surface area contributed by atoms with Crippen molar-refractivity contribution < 1.29 is 14.3 Å². The largest absolute Gasteiger partial charge is 0.466 e. The fourth-order valence-electron chi connectivity index (χ4n) is 1.38. The Balaban J connectivity index is 3.01. The van der Waals surface area contributed by atoms with Gasteiger partial charge in [-0.3, -0.25) is 4.79 Å². The smallest absolute Gasteiger partial charge is 0.305 e. The lowest BCUT2D eigenvalue weighted by atomic mass is 10.1. The minimum atomic E-state index is -0.0631. The molecule has 0 aliphatic heterocycles. The minimum absolute atomic E-state index is 0.0631. The quantitative estimate of drug-likeness (QED) is 0.416. The lowest BCUT2D eigenvalue weighted by molar-refractivity contribution is -0.143. The molecule has 0 rings (SSSR count). The van der Waals surface area contributed by atoms with Crippen LogP contribution in [-0.2, 0) is 14.3 Å². The van der Waals surface area contributed by atoms with E-state index in [0.29, 0.717) is 13.0 Å². The molecule has 0 heterocycles. The second-order valence-electron chi connectivity index (χ2n) is 3.52. The number of esters is 1. The maximum atomic E-state index is 11.0. The zero-order chi connectivity index (χ0) is 11.4. The first-order valence-electron chi connectivity index (χ1n) is 6.04. The maximum Gasteiger partial charge on any atom is 0.305 e. The van der Waals surface area contributed by atoms with Crippen LogP contribution in [0, 0.1) is 0 Å². The summed E-state index contributed by atoms with van der Waals surface area (Å²) >= 11 is 0. The molecule has 0 unspecified atom stereocenters. The fourth-order valence-corrected chi connectivity index (χ4v) is 1.38. The van der Waals surface area contributed by atoms with E-state index in [0.717, 1.165) is 32.5 Å². The number of unbranched alkanes of at least 4 members (excludes halogenated alkanes) is 4. The van der Waals surface area contributed by atoms with Crippen LogP contribution >= 0.6 is 0 Å². The molecular weight excluding hydrogens is 192 g/mol. The van der Waals surface area contributed by atoms with Crippen LogP contribution in [-0.4, -0.2) is 25.8 Å². The van der Waals surface area contributed by atoms with Crippen LogP contribution in [0.4, 0.5) is 0 Å². The molecule has 0 aliphatic rings. The van der Waals surface area contributed by atoms with Crippen molar-refractivity contribution in [1.29, 1.82) is 0 Å². The fraction of sp³-hybridized carbons (Fsp3) is 0.917. The second kappa shape index (κ2) is 11.5. The molecule has 0 amide bonds. The topological polar surface area (TPSA) is 35.5 Å². The molecule has 0 saturated heterocycles. The summed E-state index contributed by atoms with van der Waals surface area (Å²) in [4.78, 5) is 11.0. The molecule has 0 spiro atoms. The molecule has 0 saturated carbocycles. The molecule has 3 heteroatoms. The first-order valence-corrected chi connectivity index (χ1v) is 6.04. The first kappa shape index (κ1) is 14.4. The van der Waals surface area contributed by atoms with E-state index < -0.39 is 0 Å². The number of hydrogen-bond donors (Lipinski definition) is 0. The van der Waals surface area contributed by atoms with E-state index in [2.05, 4.69) is 0 Å². The maximum absolute atomic E-state index is 11.0. The molecule has 0 atom stereocenters. The number of carbonyl (C=O) groups excluding carboxylic acids is 1. The summed E-state index contributed by atoms with van der Waals surface area (Å²) in [6.07, 6.45) is 6.15. The molecule has 0 bridgehead atoms. The summed E-state index contributed by atoms with van der Waals surface area (Å²) in [6, 6.07) is 0. The Labute approximate surface area is 93.1 Å². The van der Waals surface area contributed by atoms with E-state index in [-0.39, 0.29) is 5.97 Å². The average molecular weight is 216 g/mol. The van der Waals surface area contributed by atoms with E-state index in [1.165, 1.54) is 12.8 Å². The van der Waals surface area contributed by atoms with Crippen LogP contribution in [0.15, 0.2) is 0 Å². The standard InChI is InChI=1S/C12H24O3/c1-3-14-11-9-7-5-6-8-10-12(13)15-4-2/h3-11H2,1-2H3. The first-order chi connectivity index (χ1) is 7.31. The molecule has 0 fully saturated rings. The molecular formula is C12H24O3. The van der Waals surface area contributed by atoms with Crippen LogP contribution in [0.25, 0.3) is 0 Å². The van der Waals surface area contributed by atoms with Gasteiger partial charge in [0.2, 0.25) is 0 Å². The second-order valence-corrected chi connectivity index (χ2v) is 3.52. The van der Waals surface area contributed by atoms with Gasteiger partial charge in [0.05, 0.1) is 6.61 Å². The highest BCUT2D eigenvalue weighted by Crippen LogP contribution is 2.06. The van der Waals surface area contributed by atoms with Crippen LogP contribution in [0.2, 0.25) is 0 Å². The highest BCUT2D eigenvalue weighted by Gasteiger charge is 2.00. The number of carbonyl (C=O) groups is 1. The van der Waals surface area contributed by atoms with E-state index in [9.17, 15) is 4.79 Å². The van der Waals surface area contributed by atoms with Crippen molar-refractivity contribution in [3.05, 3.63) is 0 Å². The van der Waals surface area contributed by atoms with Gasteiger partial charge >= 0.3 is 5.97 Å². The number of hydrogen-bond acceptors (Lipinski definition) is 3. The van der Waals surface area contributed by atoms with Gasteiger partial charge in [-0.1, -0.05) is 19.3 Å². The summed E-state index contributed by atoms with van der Waals surface area (Å²) < 4.78 is 10.1. The Morgan fingerprint density at radius 2 is 1.60 bits per heavy atom. The molecule has 0 aromatic heterocycles. The molecule has 0 aromatic rings. The van der Waals surface area contributed by atoms with E-state index in [1.807, 2.05) is 13.8 Å². The van der Waals surface area contributed by atoms with Crippen LogP contribution in [0.3, 0.4) is 0 Å². The van der Waals surface area contributed by atoms with Gasteiger partial charge in [-0.2, -0.15) is 0 Å². The van der Waals surface area contributed by atoms with Crippen LogP contribution < -0.4 is 0 Å². The Morgan fingerprint density at radius 1 is 0.933 bits per heavy atom. The highest BCUT2D eigenvalue weighted by atomic mass is 16.5. The lowest BCUT2D eigenvalue weighted by Gasteiger charge is -2.02. The Hall–Kier alpha value is -0.570. The van der Waals surface area contributed by atoms with Crippen molar-refractivity contribution >= 4 is 5.97 Å². The molecule has 0 aromatic carbocycles. The SMILES string of the molecule is CCOCCCCCCCC(=O)OCC. The minimum Gasteiger partial charge on any atom is -0.466 e. The molecule has 0 aliphatic carbocycles. The lowest BCUT2D eigenvalue weighted by Crippen LogP contribution is -2.03. The molecule has 3 nitrogen and oxygen atoms in total. The third kappa shape index (κ3) is 11.4. The van der Waals surface area contributed by atoms with Gasteiger partial charge < -0.3 is 9.47 Å². The van der Waals surface area contributed by atoms with Gasteiger partial charge in [0, 0.05) is 19.6 Å². The van der Waals surface area contributed by atoms with Crippen LogP contribution in [0.1, 0.15) is 52.4 Å². The Bertz CT molecular complexity index is 146. The zero-order valence-corrected chi connectivity index (χ0v) is 10.1. The normalized spacial score (nSPS) is 10.3. The van der Waals surface area contributed by atoms with Gasteiger partial charge in [-0.15, -0.1) is 0 Å². The van der Waals surface area contributed by atoms with Crippen molar-refractivity contribution in [2.24, 2.45) is 0 Å². The summed E-state index contributed by atoms with van der Waals surface area (Å²) in [5.74, 6) is -0.0631. The van der Waals surface area contributed by atoms with Crippen molar-refractivity contribution in [3.63, 3.8) is 0 Å². The summed E-state index contributed by atoms with van der Waals surface area (Å²) in [5, 5.41) is 0.